The summed E-state index contributed by atoms with van der Waals surface area (Å²) in [7, 11) is -3.26. The van der Waals surface area contributed by atoms with E-state index in [9.17, 15) is 4.57 Å². The molecule has 1 aliphatic heterocycles. The van der Waals surface area contributed by atoms with Crippen molar-refractivity contribution in [2.75, 3.05) is 31.4 Å². The second-order valence-electron chi connectivity index (χ2n) is 6.05. The summed E-state index contributed by atoms with van der Waals surface area (Å²) in [5.74, 6) is 0. The van der Waals surface area contributed by atoms with Gasteiger partial charge in [0, 0.05) is 18.8 Å². The SMILES string of the molecule is C/C(=N\NP(=O)(Nc1ccc(Cl)c(Cl)c1)N1CCOCC1)c1ccccc1. The quantitative estimate of drug-likeness (QED) is 0.392. The van der Waals surface area contributed by atoms with E-state index in [4.69, 9.17) is 27.9 Å². The van der Waals surface area contributed by atoms with Crippen molar-refractivity contribution in [2.45, 2.75) is 6.92 Å². The molecule has 27 heavy (non-hydrogen) atoms. The number of halogens is 2. The fourth-order valence-corrected chi connectivity index (χ4v) is 4.74. The Labute approximate surface area is 169 Å². The van der Waals surface area contributed by atoms with Crippen molar-refractivity contribution < 1.29 is 9.30 Å². The first-order valence-corrected chi connectivity index (χ1v) is 10.9. The fourth-order valence-electron chi connectivity index (χ4n) is 2.62. The highest BCUT2D eigenvalue weighted by atomic mass is 35.5. The Morgan fingerprint density at radius 1 is 1.11 bits per heavy atom. The van der Waals surface area contributed by atoms with E-state index in [0.29, 0.717) is 42.0 Å². The number of rotatable bonds is 6. The van der Waals surface area contributed by atoms with Gasteiger partial charge in [0.05, 0.1) is 29.0 Å². The van der Waals surface area contributed by atoms with Gasteiger partial charge in [-0.05, 0) is 30.7 Å². The Bertz CT molecular complexity index is 858. The maximum Gasteiger partial charge on any atom is 0.346 e. The Hall–Kier alpha value is -1.56. The molecule has 0 radical (unpaired) electrons. The molecule has 0 aromatic heterocycles. The molecule has 2 N–H and O–H groups in total. The van der Waals surface area contributed by atoms with Gasteiger partial charge in [-0.1, -0.05) is 53.5 Å². The summed E-state index contributed by atoms with van der Waals surface area (Å²) in [5, 5.41) is 11.1. The number of hydrazone groups is 1. The highest BCUT2D eigenvalue weighted by Gasteiger charge is 2.32. The average molecular weight is 427 g/mol. The lowest BCUT2D eigenvalue weighted by atomic mass is 10.1. The standard InChI is InChI=1S/C18H21Cl2N4O2P/c1-14(15-5-3-2-4-6-15)21-23-27(25,24-9-11-26-12-10-24)22-16-7-8-17(19)18(20)13-16/h2-8,13H,9-12H2,1H3,(H2,22,23,25)/b21-14+. The molecule has 0 amide bonds. The summed E-state index contributed by atoms with van der Waals surface area (Å²) in [6.07, 6.45) is 0. The number of nitrogens with one attached hydrogen (secondary N) is 2. The predicted molar refractivity (Wildman–Crippen MR) is 112 cm³/mol. The van der Waals surface area contributed by atoms with Gasteiger partial charge < -0.3 is 9.82 Å². The number of benzene rings is 2. The smallest absolute Gasteiger partial charge is 0.346 e. The molecule has 1 saturated heterocycles. The van der Waals surface area contributed by atoms with Crippen LogP contribution in [0.1, 0.15) is 12.5 Å². The topological polar surface area (TPSA) is 66.0 Å². The van der Waals surface area contributed by atoms with Gasteiger partial charge in [-0.25, -0.2) is 9.87 Å². The molecule has 1 unspecified atom stereocenters. The Balaban J connectivity index is 1.85. The van der Waals surface area contributed by atoms with E-state index < -0.39 is 7.59 Å². The zero-order chi connectivity index (χ0) is 19.3. The van der Waals surface area contributed by atoms with Crippen LogP contribution in [0.5, 0.6) is 0 Å². The third-order valence-corrected chi connectivity index (χ3v) is 7.00. The Morgan fingerprint density at radius 2 is 1.81 bits per heavy atom. The van der Waals surface area contributed by atoms with Crippen molar-refractivity contribution >= 4 is 42.2 Å². The van der Waals surface area contributed by atoms with E-state index in [1.54, 1.807) is 18.2 Å². The monoisotopic (exact) mass is 426 g/mol. The van der Waals surface area contributed by atoms with Crippen LogP contribution in [0.15, 0.2) is 53.6 Å². The van der Waals surface area contributed by atoms with Crippen LogP contribution in [-0.4, -0.2) is 36.7 Å². The average Bonchev–Trinajstić information content (AvgIpc) is 2.70. The van der Waals surface area contributed by atoms with E-state index in [2.05, 4.69) is 15.4 Å². The van der Waals surface area contributed by atoms with Crippen LogP contribution in [0.2, 0.25) is 10.0 Å². The lowest BCUT2D eigenvalue weighted by Crippen LogP contribution is -2.39. The largest absolute Gasteiger partial charge is 0.379 e. The maximum atomic E-state index is 13.7. The third kappa shape index (κ3) is 5.24. The first-order chi connectivity index (χ1) is 13.0. The number of nitrogens with zero attached hydrogens (tertiary/aromatic N) is 2. The van der Waals surface area contributed by atoms with Gasteiger partial charge in [0.2, 0.25) is 0 Å². The van der Waals surface area contributed by atoms with Crippen molar-refractivity contribution in [2.24, 2.45) is 5.10 Å². The number of hydrogen-bond donors (Lipinski definition) is 2. The molecule has 1 fully saturated rings. The normalized spacial score (nSPS) is 18.0. The summed E-state index contributed by atoms with van der Waals surface area (Å²) in [6, 6.07) is 14.7. The number of anilines is 1. The van der Waals surface area contributed by atoms with Crippen LogP contribution in [0.3, 0.4) is 0 Å². The van der Waals surface area contributed by atoms with Gasteiger partial charge in [-0.15, -0.1) is 0 Å². The zero-order valence-corrected chi connectivity index (χ0v) is 17.3. The molecule has 1 atom stereocenters. The minimum absolute atomic E-state index is 0.388. The summed E-state index contributed by atoms with van der Waals surface area (Å²) in [5.41, 5.74) is 2.28. The first kappa shape index (κ1) is 20.2. The van der Waals surface area contributed by atoms with E-state index in [0.717, 1.165) is 11.3 Å². The number of hydrogen-bond acceptors (Lipinski definition) is 3. The van der Waals surface area contributed by atoms with Crippen molar-refractivity contribution in [3.05, 3.63) is 64.1 Å². The van der Waals surface area contributed by atoms with Crippen LogP contribution in [0.25, 0.3) is 0 Å². The van der Waals surface area contributed by atoms with E-state index >= 15 is 0 Å². The van der Waals surface area contributed by atoms with E-state index in [1.807, 2.05) is 41.9 Å². The highest BCUT2D eigenvalue weighted by molar-refractivity contribution is 7.61. The van der Waals surface area contributed by atoms with Gasteiger partial charge >= 0.3 is 7.59 Å². The Morgan fingerprint density at radius 3 is 2.48 bits per heavy atom. The molecule has 2 aromatic rings. The van der Waals surface area contributed by atoms with Gasteiger partial charge in [-0.2, -0.15) is 5.10 Å². The van der Waals surface area contributed by atoms with E-state index in [1.165, 1.54) is 0 Å². The zero-order valence-electron chi connectivity index (χ0n) is 14.9. The van der Waals surface area contributed by atoms with Crippen molar-refractivity contribution in [3.8, 4) is 0 Å². The molecule has 9 heteroatoms. The molecule has 1 heterocycles. The predicted octanol–water partition coefficient (Wildman–Crippen LogP) is 4.86. The second kappa shape index (κ2) is 9.09. The highest BCUT2D eigenvalue weighted by Crippen LogP contribution is 2.46. The maximum absolute atomic E-state index is 13.7. The van der Waals surface area contributed by atoms with Gasteiger partial charge in [-0.3, -0.25) is 4.57 Å². The molecule has 0 bridgehead atoms. The summed E-state index contributed by atoms with van der Waals surface area (Å²) in [4.78, 5) is 0. The van der Waals surface area contributed by atoms with Crippen LogP contribution >= 0.6 is 30.8 Å². The fraction of sp³-hybridized carbons (Fsp3) is 0.278. The molecular weight excluding hydrogens is 406 g/mol. The molecule has 3 rings (SSSR count). The molecule has 2 aromatic carbocycles. The number of morpholine rings is 1. The van der Waals surface area contributed by atoms with Gasteiger partial charge in [0.15, 0.2) is 0 Å². The summed E-state index contributed by atoms with van der Waals surface area (Å²) < 4.78 is 20.9. The minimum Gasteiger partial charge on any atom is -0.379 e. The van der Waals surface area contributed by atoms with Crippen LogP contribution in [0.4, 0.5) is 5.69 Å². The summed E-state index contributed by atoms with van der Waals surface area (Å²) >= 11 is 12.1. The van der Waals surface area contributed by atoms with Gasteiger partial charge in [0.1, 0.15) is 0 Å². The van der Waals surface area contributed by atoms with E-state index in [-0.39, 0.29) is 0 Å². The second-order valence-corrected chi connectivity index (χ2v) is 9.00. The molecule has 0 saturated carbocycles. The van der Waals surface area contributed by atoms with Crippen molar-refractivity contribution in [1.82, 2.24) is 9.87 Å². The van der Waals surface area contributed by atoms with Gasteiger partial charge in [0.25, 0.3) is 0 Å². The third-order valence-electron chi connectivity index (χ3n) is 4.13. The van der Waals surface area contributed by atoms with Crippen molar-refractivity contribution in [1.29, 1.82) is 0 Å². The van der Waals surface area contributed by atoms with Crippen molar-refractivity contribution in [3.63, 3.8) is 0 Å². The van der Waals surface area contributed by atoms with Crippen LogP contribution in [-0.2, 0) is 9.30 Å². The molecule has 0 aliphatic carbocycles. The summed E-state index contributed by atoms with van der Waals surface area (Å²) in [6.45, 7) is 3.94. The molecule has 6 nitrogen and oxygen atoms in total. The first-order valence-electron chi connectivity index (χ1n) is 8.51. The van der Waals surface area contributed by atoms with Crippen LogP contribution in [0, 0.1) is 0 Å². The lowest BCUT2D eigenvalue weighted by molar-refractivity contribution is 0.0717. The minimum atomic E-state index is -3.26. The van der Waals surface area contributed by atoms with Crippen LogP contribution < -0.4 is 10.3 Å². The molecular formula is C18H21Cl2N4O2P. The Kier molecular flexibility index (Phi) is 6.79. The lowest BCUT2D eigenvalue weighted by Gasteiger charge is -2.34. The molecule has 0 spiro atoms. The number of ether oxygens (including phenoxy) is 1. The molecule has 144 valence electrons. The molecule has 1 aliphatic rings.